The molecule has 20 heavy (non-hydrogen) atoms. The average Bonchev–Trinajstić information content (AvgIpc) is 2.44. The van der Waals surface area contributed by atoms with Crippen molar-refractivity contribution in [2.45, 2.75) is 6.54 Å². The molecule has 0 atom stereocenters. The maximum absolute atomic E-state index is 11.9. The van der Waals surface area contributed by atoms with Crippen molar-refractivity contribution in [2.75, 3.05) is 12.4 Å². The van der Waals surface area contributed by atoms with Crippen LogP contribution in [0.5, 0.6) is 5.75 Å². The maximum Gasteiger partial charge on any atom is 0.288 e. The summed E-state index contributed by atoms with van der Waals surface area (Å²) in [5.41, 5.74) is 0.0255. The van der Waals surface area contributed by atoms with E-state index in [4.69, 9.17) is 16.3 Å². The molecule has 1 heterocycles. The summed E-state index contributed by atoms with van der Waals surface area (Å²) < 4.78 is 6.31. The van der Waals surface area contributed by atoms with Gasteiger partial charge in [-0.25, -0.2) is 4.98 Å². The van der Waals surface area contributed by atoms with Crippen LogP contribution in [0.4, 0.5) is 5.69 Å². The lowest BCUT2D eigenvalue weighted by atomic mass is 10.3. The molecule has 0 saturated heterocycles. The zero-order chi connectivity index (χ0) is 14.5. The Kier molecular flexibility index (Phi) is 4.37. The number of nitrogens with zero attached hydrogens (tertiary/aromatic N) is 2. The zero-order valence-corrected chi connectivity index (χ0v) is 11.4. The minimum atomic E-state index is -0.510. The quantitative estimate of drug-likeness (QED) is 0.928. The second kappa shape index (κ2) is 6.21. The standard InChI is InChI=1S/C13H12ClN3O3/c1-20-10-5-3-2-4-9(10)16-11(18)8-17-7-6-15-12(14)13(17)19/h2-7H,8H2,1H3,(H,16,18). The van der Waals surface area contributed by atoms with Crippen LogP contribution in [-0.2, 0) is 11.3 Å². The fourth-order valence-corrected chi connectivity index (χ4v) is 1.80. The number of hydrogen-bond acceptors (Lipinski definition) is 4. The summed E-state index contributed by atoms with van der Waals surface area (Å²) in [7, 11) is 1.51. The predicted molar refractivity (Wildman–Crippen MR) is 75.1 cm³/mol. The summed E-state index contributed by atoms with van der Waals surface area (Å²) in [4.78, 5) is 27.2. The van der Waals surface area contributed by atoms with Crippen molar-refractivity contribution in [1.82, 2.24) is 9.55 Å². The molecule has 0 radical (unpaired) electrons. The first-order chi connectivity index (χ1) is 9.61. The number of amides is 1. The molecule has 1 aromatic carbocycles. The molecular formula is C13H12ClN3O3. The van der Waals surface area contributed by atoms with Crippen LogP contribution in [-0.4, -0.2) is 22.6 Å². The molecule has 0 bridgehead atoms. The van der Waals surface area contributed by atoms with E-state index in [2.05, 4.69) is 10.3 Å². The Hall–Kier alpha value is -2.34. The highest BCUT2D eigenvalue weighted by Gasteiger charge is 2.09. The van der Waals surface area contributed by atoms with Gasteiger partial charge in [0, 0.05) is 12.4 Å². The normalized spacial score (nSPS) is 10.1. The summed E-state index contributed by atoms with van der Waals surface area (Å²) >= 11 is 5.61. The van der Waals surface area contributed by atoms with Gasteiger partial charge in [0.2, 0.25) is 5.91 Å². The van der Waals surface area contributed by atoms with Gasteiger partial charge in [-0.3, -0.25) is 9.59 Å². The fraction of sp³-hybridized carbons (Fsp3) is 0.154. The number of halogens is 1. The first-order valence-electron chi connectivity index (χ1n) is 5.75. The van der Waals surface area contributed by atoms with E-state index in [1.165, 1.54) is 24.1 Å². The molecule has 1 N–H and O–H groups in total. The SMILES string of the molecule is COc1ccccc1NC(=O)Cn1ccnc(Cl)c1=O. The van der Waals surface area contributed by atoms with Gasteiger partial charge in [-0.2, -0.15) is 0 Å². The zero-order valence-electron chi connectivity index (χ0n) is 10.7. The molecule has 2 rings (SSSR count). The van der Waals surface area contributed by atoms with Crippen LogP contribution in [0.15, 0.2) is 41.5 Å². The number of nitrogens with one attached hydrogen (secondary N) is 1. The Morgan fingerprint density at radius 2 is 2.20 bits per heavy atom. The van der Waals surface area contributed by atoms with Crippen LogP contribution in [0.2, 0.25) is 5.15 Å². The number of carbonyl (C=O) groups excluding carboxylic acids is 1. The lowest BCUT2D eigenvalue weighted by Gasteiger charge is -2.10. The van der Waals surface area contributed by atoms with E-state index < -0.39 is 5.56 Å². The number of para-hydroxylation sites is 2. The summed E-state index contributed by atoms with van der Waals surface area (Å²) in [5.74, 6) is 0.180. The third-order valence-electron chi connectivity index (χ3n) is 2.57. The van der Waals surface area contributed by atoms with E-state index >= 15 is 0 Å². The van der Waals surface area contributed by atoms with E-state index in [9.17, 15) is 9.59 Å². The van der Waals surface area contributed by atoms with Gasteiger partial charge in [-0.05, 0) is 12.1 Å². The van der Waals surface area contributed by atoms with Gasteiger partial charge in [0.1, 0.15) is 12.3 Å². The van der Waals surface area contributed by atoms with E-state index in [1.54, 1.807) is 24.3 Å². The topological polar surface area (TPSA) is 73.2 Å². The lowest BCUT2D eigenvalue weighted by Crippen LogP contribution is -2.28. The third-order valence-corrected chi connectivity index (χ3v) is 2.83. The highest BCUT2D eigenvalue weighted by atomic mass is 35.5. The van der Waals surface area contributed by atoms with Crippen LogP contribution in [0.3, 0.4) is 0 Å². The van der Waals surface area contributed by atoms with Crippen molar-refractivity contribution in [3.63, 3.8) is 0 Å². The Balaban J connectivity index is 2.13. The number of aromatic nitrogens is 2. The second-order valence-corrected chi connectivity index (χ2v) is 4.26. The lowest BCUT2D eigenvalue weighted by molar-refractivity contribution is -0.116. The maximum atomic E-state index is 11.9. The van der Waals surface area contributed by atoms with Gasteiger partial charge in [0.05, 0.1) is 12.8 Å². The van der Waals surface area contributed by atoms with Crippen molar-refractivity contribution in [1.29, 1.82) is 0 Å². The van der Waals surface area contributed by atoms with E-state index in [0.717, 1.165) is 0 Å². The smallest absolute Gasteiger partial charge is 0.288 e. The van der Waals surface area contributed by atoms with E-state index in [-0.39, 0.29) is 17.6 Å². The van der Waals surface area contributed by atoms with Crippen LogP contribution in [0, 0.1) is 0 Å². The first-order valence-corrected chi connectivity index (χ1v) is 6.13. The van der Waals surface area contributed by atoms with Crippen LogP contribution < -0.4 is 15.6 Å². The molecule has 0 saturated carbocycles. The number of ether oxygens (including phenoxy) is 1. The molecule has 0 aliphatic rings. The van der Waals surface area contributed by atoms with E-state index in [0.29, 0.717) is 11.4 Å². The molecule has 2 aromatic rings. The molecule has 1 aromatic heterocycles. The van der Waals surface area contributed by atoms with Crippen molar-refractivity contribution in [3.8, 4) is 5.75 Å². The molecule has 0 fully saturated rings. The molecule has 7 heteroatoms. The van der Waals surface area contributed by atoms with Crippen molar-refractivity contribution in [2.24, 2.45) is 0 Å². The molecule has 6 nitrogen and oxygen atoms in total. The average molecular weight is 294 g/mol. The van der Waals surface area contributed by atoms with Gasteiger partial charge in [0.25, 0.3) is 5.56 Å². The molecule has 104 valence electrons. The first kappa shape index (κ1) is 14.1. The molecule has 0 aliphatic carbocycles. The van der Waals surface area contributed by atoms with Crippen LogP contribution >= 0.6 is 11.6 Å². The summed E-state index contributed by atoms with van der Waals surface area (Å²) in [6.45, 7) is -0.154. The minimum absolute atomic E-state index is 0.154. The van der Waals surface area contributed by atoms with Crippen LogP contribution in [0.1, 0.15) is 0 Å². The number of carbonyl (C=O) groups is 1. The fourth-order valence-electron chi connectivity index (χ4n) is 1.64. The number of anilines is 1. The number of methoxy groups -OCH3 is 1. The predicted octanol–water partition coefficient (Wildman–Crippen LogP) is 1.54. The van der Waals surface area contributed by atoms with Crippen LogP contribution in [0.25, 0.3) is 0 Å². The summed E-state index contributed by atoms with van der Waals surface area (Å²) in [6, 6.07) is 7.00. The largest absolute Gasteiger partial charge is 0.495 e. The molecule has 0 spiro atoms. The minimum Gasteiger partial charge on any atom is -0.495 e. The Morgan fingerprint density at radius 3 is 2.95 bits per heavy atom. The Labute approximate surface area is 120 Å². The van der Waals surface area contributed by atoms with Gasteiger partial charge in [-0.15, -0.1) is 0 Å². The van der Waals surface area contributed by atoms with E-state index in [1.807, 2.05) is 0 Å². The number of hydrogen-bond donors (Lipinski definition) is 1. The van der Waals surface area contributed by atoms with Gasteiger partial charge in [0.15, 0.2) is 5.15 Å². The van der Waals surface area contributed by atoms with Gasteiger partial charge >= 0.3 is 0 Å². The Bertz CT molecular complexity index is 685. The Morgan fingerprint density at radius 1 is 1.45 bits per heavy atom. The van der Waals surface area contributed by atoms with Crippen molar-refractivity contribution >= 4 is 23.2 Å². The molecular weight excluding hydrogens is 282 g/mol. The van der Waals surface area contributed by atoms with Gasteiger partial charge in [-0.1, -0.05) is 23.7 Å². The summed E-state index contributed by atoms with van der Waals surface area (Å²) in [5, 5.41) is 2.50. The summed E-state index contributed by atoms with van der Waals surface area (Å²) in [6.07, 6.45) is 2.76. The number of rotatable bonds is 4. The van der Waals surface area contributed by atoms with Crippen molar-refractivity contribution in [3.05, 3.63) is 52.2 Å². The molecule has 1 amide bonds. The highest BCUT2D eigenvalue weighted by Crippen LogP contribution is 2.22. The molecule has 0 unspecified atom stereocenters. The highest BCUT2D eigenvalue weighted by molar-refractivity contribution is 6.29. The molecule has 0 aliphatic heterocycles. The second-order valence-electron chi connectivity index (χ2n) is 3.90. The van der Waals surface area contributed by atoms with Crippen molar-refractivity contribution < 1.29 is 9.53 Å². The van der Waals surface area contributed by atoms with Gasteiger partial charge < -0.3 is 14.6 Å². The third kappa shape index (κ3) is 3.16. The number of benzene rings is 1. The monoisotopic (exact) mass is 293 g/mol.